The van der Waals surface area contributed by atoms with Crippen LogP contribution < -0.4 is 5.32 Å². The Bertz CT molecular complexity index is 555. The summed E-state index contributed by atoms with van der Waals surface area (Å²) >= 11 is 0. The van der Waals surface area contributed by atoms with Crippen LogP contribution in [0.25, 0.3) is 0 Å². The number of hydrogen-bond donors (Lipinski definition) is 1. The first kappa shape index (κ1) is 18.2. The van der Waals surface area contributed by atoms with E-state index in [4.69, 9.17) is 4.74 Å². The number of hydrogen-bond acceptors (Lipinski definition) is 4. The third-order valence-corrected chi connectivity index (χ3v) is 4.17. The van der Waals surface area contributed by atoms with Gasteiger partial charge in [0.2, 0.25) is 5.92 Å². The number of ether oxygens (including phenoxy) is 2. The van der Waals surface area contributed by atoms with E-state index in [0.717, 1.165) is 5.56 Å². The van der Waals surface area contributed by atoms with Crippen molar-refractivity contribution in [1.82, 2.24) is 5.32 Å². The van der Waals surface area contributed by atoms with E-state index in [1.165, 1.54) is 7.11 Å². The monoisotopic (exact) mass is 341 g/mol. The highest BCUT2D eigenvalue weighted by molar-refractivity contribution is 5.81. The Morgan fingerprint density at radius 3 is 2.46 bits per heavy atom. The van der Waals surface area contributed by atoms with Crippen LogP contribution in [-0.2, 0) is 20.9 Å². The minimum atomic E-state index is -2.70. The number of alkyl carbamates (subject to hydrolysis) is 1. The molecule has 1 aromatic rings. The number of benzene rings is 1. The normalized spacial score (nSPS) is 18.5. The van der Waals surface area contributed by atoms with Crippen LogP contribution in [0.15, 0.2) is 30.3 Å². The number of rotatable bonds is 5. The van der Waals surface area contributed by atoms with E-state index in [-0.39, 0.29) is 38.2 Å². The smallest absolute Gasteiger partial charge is 0.408 e. The second-order valence-corrected chi connectivity index (χ2v) is 5.90. The van der Waals surface area contributed by atoms with Gasteiger partial charge in [0.1, 0.15) is 12.6 Å². The molecule has 0 aliphatic heterocycles. The third kappa shape index (κ3) is 5.18. The van der Waals surface area contributed by atoms with Gasteiger partial charge in [-0.2, -0.15) is 0 Å². The fourth-order valence-corrected chi connectivity index (χ4v) is 2.78. The molecule has 0 heterocycles. The van der Waals surface area contributed by atoms with E-state index in [2.05, 4.69) is 10.1 Å². The Balaban J connectivity index is 1.91. The van der Waals surface area contributed by atoms with Gasteiger partial charge in [0, 0.05) is 12.8 Å². The van der Waals surface area contributed by atoms with E-state index in [1.54, 1.807) is 12.1 Å². The van der Waals surface area contributed by atoms with Crippen molar-refractivity contribution in [2.45, 2.75) is 44.3 Å². The van der Waals surface area contributed by atoms with Crippen LogP contribution in [0.1, 0.15) is 31.2 Å². The van der Waals surface area contributed by atoms with Crippen molar-refractivity contribution in [2.75, 3.05) is 7.11 Å². The third-order valence-electron chi connectivity index (χ3n) is 4.17. The van der Waals surface area contributed by atoms with Crippen molar-refractivity contribution in [3.8, 4) is 0 Å². The fraction of sp³-hybridized carbons (Fsp3) is 0.529. The summed E-state index contributed by atoms with van der Waals surface area (Å²) < 4.78 is 36.3. The SMILES string of the molecule is COC(=O)[C@@H](NC(=O)OCc1ccccc1)C1CCC(F)(F)CC1. The highest BCUT2D eigenvalue weighted by Crippen LogP contribution is 2.37. The molecule has 1 saturated carbocycles. The highest BCUT2D eigenvalue weighted by Gasteiger charge is 2.40. The summed E-state index contributed by atoms with van der Waals surface area (Å²) in [7, 11) is 1.20. The average Bonchev–Trinajstić information content (AvgIpc) is 2.58. The predicted molar refractivity (Wildman–Crippen MR) is 82.5 cm³/mol. The van der Waals surface area contributed by atoms with Gasteiger partial charge in [-0.15, -0.1) is 0 Å². The lowest BCUT2D eigenvalue weighted by Crippen LogP contribution is -2.48. The molecule has 1 amide bonds. The van der Waals surface area contributed by atoms with E-state index in [9.17, 15) is 18.4 Å². The molecule has 0 bridgehead atoms. The van der Waals surface area contributed by atoms with Crippen molar-refractivity contribution in [2.24, 2.45) is 5.92 Å². The molecule has 1 aromatic carbocycles. The first-order valence-corrected chi connectivity index (χ1v) is 7.84. The molecule has 0 saturated heterocycles. The maximum atomic E-state index is 13.3. The first-order chi connectivity index (χ1) is 11.4. The van der Waals surface area contributed by atoms with Crippen LogP contribution in [0.2, 0.25) is 0 Å². The fourth-order valence-electron chi connectivity index (χ4n) is 2.78. The van der Waals surface area contributed by atoms with Gasteiger partial charge in [0.25, 0.3) is 0 Å². The lowest BCUT2D eigenvalue weighted by Gasteiger charge is -2.32. The summed E-state index contributed by atoms with van der Waals surface area (Å²) in [5.41, 5.74) is 0.805. The number of esters is 1. The minimum absolute atomic E-state index is 0.0588. The maximum Gasteiger partial charge on any atom is 0.408 e. The predicted octanol–water partition coefficient (Wildman–Crippen LogP) is 3.28. The maximum absolute atomic E-state index is 13.3. The second-order valence-electron chi connectivity index (χ2n) is 5.90. The molecule has 0 spiro atoms. The van der Waals surface area contributed by atoms with Gasteiger partial charge in [0.15, 0.2) is 0 Å². The van der Waals surface area contributed by atoms with Crippen LogP contribution in [0.4, 0.5) is 13.6 Å². The number of nitrogens with one attached hydrogen (secondary N) is 1. The molecule has 0 radical (unpaired) electrons. The molecule has 7 heteroatoms. The molecule has 0 aromatic heterocycles. The molecule has 5 nitrogen and oxygen atoms in total. The average molecular weight is 341 g/mol. The van der Waals surface area contributed by atoms with E-state index < -0.39 is 24.0 Å². The summed E-state index contributed by atoms with van der Waals surface area (Å²) in [6, 6.07) is 8.10. The molecule has 1 aliphatic carbocycles. The van der Waals surface area contributed by atoms with Crippen LogP contribution >= 0.6 is 0 Å². The quantitative estimate of drug-likeness (QED) is 0.835. The van der Waals surface area contributed by atoms with E-state index >= 15 is 0 Å². The lowest BCUT2D eigenvalue weighted by molar-refractivity contribution is -0.146. The van der Waals surface area contributed by atoms with Gasteiger partial charge in [-0.1, -0.05) is 30.3 Å². The summed E-state index contributed by atoms with van der Waals surface area (Å²) in [6.07, 6.45) is -1.08. The van der Waals surface area contributed by atoms with Crippen molar-refractivity contribution in [1.29, 1.82) is 0 Å². The van der Waals surface area contributed by atoms with Gasteiger partial charge in [-0.05, 0) is 24.3 Å². The molecule has 1 atom stereocenters. The van der Waals surface area contributed by atoms with Crippen molar-refractivity contribution >= 4 is 12.1 Å². The van der Waals surface area contributed by atoms with Crippen molar-refractivity contribution < 1.29 is 27.8 Å². The second kappa shape index (κ2) is 8.08. The number of carbonyl (C=O) groups excluding carboxylic acids is 2. The highest BCUT2D eigenvalue weighted by atomic mass is 19.3. The number of amides is 1. The van der Waals surface area contributed by atoms with E-state index in [1.807, 2.05) is 18.2 Å². The molecule has 2 rings (SSSR count). The van der Waals surface area contributed by atoms with Gasteiger partial charge in [-0.25, -0.2) is 18.4 Å². The zero-order valence-electron chi connectivity index (χ0n) is 13.5. The molecule has 1 fully saturated rings. The topological polar surface area (TPSA) is 64.6 Å². The Morgan fingerprint density at radius 2 is 1.88 bits per heavy atom. The van der Waals surface area contributed by atoms with E-state index in [0.29, 0.717) is 0 Å². The molecule has 1 aliphatic rings. The number of alkyl halides is 2. The Kier molecular flexibility index (Phi) is 6.11. The van der Waals surface area contributed by atoms with Gasteiger partial charge in [0.05, 0.1) is 7.11 Å². The lowest BCUT2D eigenvalue weighted by atomic mass is 9.82. The molecule has 24 heavy (non-hydrogen) atoms. The Hall–Kier alpha value is -2.18. The standard InChI is InChI=1S/C17H21F2NO4/c1-23-15(21)14(13-7-9-17(18,19)10-8-13)20-16(22)24-11-12-5-3-2-4-6-12/h2-6,13-14H,7-11H2,1H3,(H,20,22)/t14-/m0/s1. The van der Waals surface area contributed by atoms with Gasteiger partial charge >= 0.3 is 12.1 Å². The van der Waals surface area contributed by atoms with Gasteiger partial charge < -0.3 is 14.8 Å². The number of carbonyl (C=O) groups is 2. The minimum Gasteiger partial charge on any atom is -0.467 e. The van der Waals surface area contributed by atoms with Crippen molar-refractivity contribution in [3.63, 3.8) is 0 Å². The molecule has 0 unspecified atom stereocenters. The largest absolute Gasteiger partial charge is 0.467 e. The summed E-state index contributed by atoms with van der Waals surface area (Å²) in [6.45, 7) is 0.0588. The van der Waals surface area contributed by atoms with Crippen molar-refractivity contribution in [3.05, 3.63) is 35.9 Å². The van der Waals surface area contributed by atoms with Crippen LogP contribution in [0.3, 0.4) is 0 Å². The molecule has 132 valence electrons. The molecule has 1 N–H and O–H groups in total. The summed E-state index contributed by atoms with van der Waals surface area (Å²) in [5, 5.41) is 2.45. The zero-order valence-corrected chi connectivity index (χ0v) is 13.5. The van der Waals surface area contributed by atoms with Crippen LogP contribution in [-0.4, -0.2) is 31.1 Å². The first-order valence-electron chi connectivity index (χ1n) is 7.84. The summed E-state index contributed by atoms with van der Waals surface area (Å²) in [4.78, 5) is 23.8. The van der Waals surface area contributed by atoms with Gasteiger partial charge in [-0.3, -0.25) is 0 Å². The van der Waals surface area contributed by atoms with Crippen LogP contribution in [0.5, 0.6) is 0 Å². The molecular formula is C17H21F2NO4. The number of halogens is 2. The number of methoxy groups -OCH3 is 1. The summed E-state index contributed by atoms with van der Waals surface area (Å²) in [5.74, 6) is -3.74. The zero-order chi connectivity index (χ0) is 17.6. The Morgan fingerprint density at radius 1 is 1.25 bits per heavy atom. The Labute approximate surface area is 139 Å². The van der Waals surface area contributed by atoms with Crippen LogP contribution in [0, 0.1) is 5.92 Å². The molecular weight excluding hydrogens is 320 g/mol.